The Hall–Kier alpha value is -2.17. The molecule has 1 aliphatic rings. The molecule has 150 valence electrons. The van der Waals surface area contributed by atoms with Crippen molar-refractivity contribution in [1.29, 1.82) is 0 Å². The fraction of sp³-hybridized carbons (Fsp3) is 0.391. The van der Waals surface area contributed by atoms with Gasteiger partial charge in [0.1, 0.15) is 0 Å². The van der Waals surface area contributed by atoms with E-state index < -0.39 is 0 Å². The number of hydrogen-bond donors (Lipinski definition) is 0. The summed E-state index contributed by atoms with van der Waals surface area (Å²) in [5.74, 6) is 0.0869. The Bertz CT molecular complexity index is 769. The Morgan fingerprint density at radius 2 is 1.54 bits per heavy atom. The molecule has 1 saturated heterocycles. The molecule has 0 radical (unpaired) electrons. The number of halogens is 1. The molecule has 1 amide bonds. The normalized spacial score (nSPS) is 14.6. The van der Waals surface area contributed by atoms with Gasteiger partial charge in [-0.3, -0.25) is 9.59 Å². The predicted molar refractivity (Wildman–Crippen MR) is 115 cm³/mol. The topological polar surface area (TPSA) is 40.6 Å². The number of likely N-dealkylation sites (N-methyl/N-ethyl adjacent to an activating group) is 1. The minimum absolute atomic E-state index is 0. The molecule has 0 N–H and O–H groups in total. The molecule has 0 bridgehead atoms. The van der Waals surface area contributed by atoms with Gasteiger partial charge in [0.25, 0.3) is 5.91 Å². The van der Waals surface area contributed by atoms with Gasteiger partial charge in [-0.25, -0.2) is 0 Å². The SMILES string of the molecule is CC(=O)c1ccc(C(=O)N2CCC(N(C)CCc3ccccc3)CC2)cc1.Cl. The number of benzene rings is 2. The van der Waals surface area contributed by atoms with Crippen LogP contribution in [0.2, 0.25) is 0 Å². The number of ketones is 1. The largest absolute Gasteiger partial charge is 0.339 e. The van der Waals surface area contributed by atoms with Gasteiger partial charge >= 0.3 is 0 Å². The molecule has 28 heavy (non-hydrogen) atoms. The Kier molecular flexibility index (Phi) is 8.21. The van der Waals surface area contributed by atoms with Gasteiger partial charge in [0, 0.05) is 36.8 Å². The highest BCUT2D eigenvalue weighted by Crippen LogP contribution is 2.18. The van der Waals surface area contributed by atoms with E-state index in [2.05, 4.69) is 36.2 Å². The standard InChI is InChI=1S/C23H28N2O2.ClH/c1-18(26)20-8-10-21(11-9-20)23(27)25-16-13-22(14-17-25)24(2)15-12-19-6-4-3-5-7-19;/h3-11,22H,12-17H2,1-2H3;1H. The molecule has 1 fully saturated rings. The van der Waals surface area contributed by atoms with E-state index in [9.17, 15) is 9.59 Å². The monoisotopic (exact) mass is 400 g/mol. The molecule has 3 rings (SSSR count). The lowest BCUT2D eigenvalue weighted by atomic mass is 10.0. The van der Waals surface area contributed by atoms with Crippen molar-refractivity contribution < 1.29 is 9.59 Å². The summed E-state index contributed by atoms with van der Waals surface area (Å²) < 4.78 is 0. The van der Waals surface area contributed by atoms with Crippen LogP contribution in [-0.4, -0.2) is 54.2 Å². The van der Waals surface area contributed by atoms with Crippen LogP contribution >= 0.6 is 12.4 Å². The summed E-state index contributed by atoms with van der Waals surface area (Å²) >= 11 is 0. The van der Waals surface area contributed by atoms with Crippen molar-refractivity contribution in [2.24, 2.45) is 0 Å². The Balaban J connectivity index is 0.00000280. The van der Waals surface area contributed by atoms with E-state index in [1.165, 1.54) is 12.5 Å². The third kappa shape index (κ3) is 5.66. The highest BCUT2D eigenvalue weighted by molar-refractivity contribution is 5.97. The van der Waals surface area contributed by atoms with Gasteiger partial charge in [0.05, 0.1) is 0 Å². The quantitative estimate of drug-likeness (QED) is 0.685. The van der Waals surface area contributed by atoms with Crippen LogP contribution in [0, 0.1) is 0 Å². The van der Waals surface area contributed by atoms with Crippen LogP contribution in [0.1, 0.15) is 46.0 Å². The first kappa shape index (κ1) is 22.1. The Morgan fingerprint density at radius 1 is 0.964 bits per heavy atom. The van der Waals surface area contributed by atoms with Crippen molar-refractivity contribution in [3.63, 3.8) is 0 Å². The minimum atomic E-state index is 0. The van der Waals surface area contributed by atoms with Crippen LogP contribution in [0.5, 0.6) is 0 Å². The highest BCUT2D eigenvalue weighted by Gasteiger charge is 2.25. The molecule has 0 atom stereocenters. The molecule has 0 aromatic heterocycles. The number of hydrogen-bond acceptors (Lipinski definition) is 3. The van der Waals surface area contributed by atoms with Gasteiger partial charge in [-0.2, -0.15) is 0 Å². The van der Waals surface area contributed by atoms with E-state index in [4.69, 9.17) is 0 Å². The number of rotatable bonds is 6. The van der Waals surface area contributed by atoms with Crippen molar-refractivity contribution in [2.75, 3.05) is 26.7 Å². The lowest BCUT2D eigenvalue weighted by Gasteiger charge is -2.37. The van der Waals surface area contributed by atoms with Crippen molar-refractivity contribution in [2.45, 2.75) is 32.2 Å². The lowest BCUT2D eigenvalue weighted by Crippen LogP contribution is -2.46. The van der Waals surface area contributed by atoms with Crippen molar-refractivity contribution in [3.8, 4) is 0 Å². The van der Waals surface area contributed by atoms with Crippen LogP contribution < -0.4 is 0 Å². The second-order valence-corrected chi connectivity index (χ2v) is 7.37. The average molecular weight is 401 g/mol. The number of likely N-dealkylation sites (tertiary alicyclic amines) is 1. The molecule has 0 spiro atoms. The summed E-state index contributed by atoms with van der Waals surface area (Å²) in [4.78, 5) is 28.4. The number of amides is 1. The summed E-state index contributed by atoms with van der Waals surface area (Å²) in [7, 11) is 2.19. The van der Waals surface area contributed by atoms with Gasteiger partial charge in [0.15, 0.2) is 5.78 Å². The average Bonchev–Trinajstić information content (AvgIpc) is 2.72. The van der Waals surface area contributed by atoms with Gasteiger partial charge in [0.2, 0.25) is 0 Å². The molecule has 0 unspecified atom stereocenters. The smallest absolute Gasteiger partial charge is 0.253 e. The van der Waals surface area contributed by atoms with Crippen molar-refractivity contribution in [3.05, 3.63) is 71.3 Å². The van der Waals surface area contributed by atoms with Crippen molar-refractivity contribution in [1.82, 2.24) is 9.80 Å². The zero-order chi connectivity index (χ0) is 19.2. The number of nitrogens with zero attached hydrogens (tertiary/aromatic N) is 2. The molecule has 1 aliphatic heterocycles. The maximum Gasteiger partial charge on any atom is 0.253 e. The van der Waals surface area contributed by atoms with E-state index >= 15 is 0 Å². The predicted octanol–water partition coefficient (Wildman–Crippen LogP) is 4.09. The maximum atomic E-state index is 12.7. The second kappa shape index (κ2) is 10.4. The van der Waals surface area contributed by atoms with Crippen LogP contribution in [0.3, 0.4) is 0 Å². The van der Waals surface area contributed by atoms with Gasteiger partial charge < -0.3 is 9.80 Å². The van der Waals surface area contributed by atoms with E-state index in [0.29, 0.717) is 17.2 Å². The first-order chi connectivity index (χ1) is 13.0. The van der Waals surface area contributed by atoms with E-state index in [-0.39, 0.29) is 24.1 Å². The molecule has 1 heterocycles. The zero-order valence-corrected chi connectivity index (χ0v) is 17.5. The van der Waals surface area contributed by atoms with Gasteiger partial charge in [-0.05, 0) is 50.9 Å². The Labute approximate surface area is 173 Å². The second-order valence-electron chi connectivity index (χ2n) is 7.37. The van der Waals surface area contributed by atoms with E-state index in [1.807, 2.05) is 11.0 Å². The van der Waals surface area contributed by atoms with E-state index in [0.717, 1.165) is 38.9 Å². The third-order valence-electron chi connectivity index (χ3n) is 5.51. The summed E-state index contributed by atoms with van der Waals surface area (Å²) in [5.41, 5.74) is 2.67. The lowest BCUT2D eigenvalue weighted by molar-refractivity contribution is 0.0646. The number of piperidine rings is 1. The first-order valence-corrected chi connectivity index (χ1v) is 9.69. The number of Topliss-reactive ketones (excluding diaryl/α,β-unsaturated/α-hetero) is 1. The number of carbonyl (C=O) groups is 2. The summed E-state index contributed by atoms with van der Waals surface area (Å²) in [6, 6.07) is 18.1. The van der Waals surface area contributed by atoms with Crippen LogP contribution in [0.15, 0.2) is 54.6 Å². The van der Waals surface area contributed by atoms with Crippen LogP contribution in [0.25, 0.3) is 0 Å². The molecular weight excluding hydrogens is 372 g/mol. The number of carbonyl (C=O) groups excluding carboxylic acids is 2. The molecule has 2 aromatic carbocycles. The van der Waals surface area contributed by atoms with Crippen LogP contribution in [0.4, 0.5) is 0 Å². The van der Waals surface area contributed by atoms with Crippen molar-refractivity contribution >= 4 is 24.1 Å². The fourth-order valence-electron chi connectivity index (χ4n) is 3.67. The summed E-state index contributed by atoms with van der Waals surface area (Å²) in [6.45, 7) is 4.15. The minimum Gasteiger partial charge on any atom is -0.339 e. The van der Waals surface area contributed by atoms with Gasteiger partial charge in [-0.1, -0.05) is 42.5 Å². The molecule has 0 saturated carbocycles. The highest BCUT2D eigenvalue weighted by atomic mass is 35.5. The Morgan fingerprint density at radius 3 is 2.11 bits per heavy atom. The molecule has 4 nitrogen and oxygen atoms in total. The first-order valence-electron chi connectivity index (χ1n) is 9.69. The third-order valence-corrected chi connectivity index (χ3v) is 5.51. The van der Waals surface area contributed by atoms with Crippen LogP contribution in [-0.2, 0) is 6.42 Å². The maximum absolute atomic E-state index is 12.7. The van der Waals surface area contributed by atoms with E-state index in [1.54, 1.807) is 24.3 Å². The molecule has 0 aliphatic carbocycles. The zero-order valence-electron chi connectivity index (χ0n) is 16.6. The van der Waals surface area contributed by atoms with Gasteiger partial charge in [-0.15, -0.1) is 12.4 Å². The summed E-state index contributed by atoms with van der Waals surface area (Å²) in [6.07, 6.45) is 3.06. The molecular formula is C23H29ClN2O2. The fourth-order valence-corrected chi connectivity index (χ4v) is 3.67. The summed E-state index contributed by atoms with van der Waals surface area (Å²) in [5, 5.41) is 0. The molecule has 5 heteroatoms. The molecule has 2 aromatic rings.